The van der Waals surface area contributed by atoms with Crippen LogP contribution in [-0.4, -0.2) is 50.1 Å². The van der Waals surface area contributed by atoms with Crippen molar-refractivity contribution in [1.29, 1.82) is 0 Å². The van der Waals surface area contributed by atoms with E-state index >= 15 is 0 Å². The van der Waals surface area contributed by atoms with Gasteiger partial charge >= 0.3 is 0 Å². The Morgan fingerprint density at radius 1 is 1.04 bits per heavy atom. The summed E-state index contributed by atoms with van der Waals surface area (Å²) in [5, 5.41) is 2.97. The van der Waals surface area contributed by atoms with E-state index in [0.29, 0.717) is 0 Å². The molecule has 1 N–H and O–H groups in total. The van der Waals surface area contributed by atoms with Gasteiger partial charge in [0.25, 0.3) is 0 Å². The summed E-state index contributed by atoms with van der Waals surface area (Å²) >= 11 is 0. The smallest absolute Gasteiger partial charge is 0.243 e. The minimum atomic E-state index is -0.0249. The molecule has 0 bridgehead atoms. The van der Waals surface area contributed by atoms with Crippen molar-refractivity contribution < 1.29 is 4.79 Å². The van der Waals surface area contributed by atoms with Crippen molar-refractivity contribution in [3.63, 3.8) is 0 Å². The van der Waals surface area contributed by atoms with Gasteiger partial charge in [0, 0.05) is 44.5 Å². The van der Waals surface area contributed by atoms with E-state index in [-0.39, 0.29) is 5.91 Å². The van der Waals surface area contributed by atoms with Gasteiger partial charge in [0.05, 0.1) is 0 Å². The molecule has 27 heavy (non-hydrogen) atoms. The maximum absolute atomic E-state index is 11.9. The largest absolute Gasteiger partial charge is 0.369 e. The summed E-state index contributed by atoms with van der Waals surface area (Å²) in [7, 11) is 0. The van der Waals surface area contributed by atoms with E-state index in [4.69, 9.17) is 0 Å². The molecular formula is C23H29N3O. The molecule has 1 aliphatic rings. The minimum Gasteiger partial charge on any atom is -0.369 e. The number of hydrogen-bond acceptors (Lipinski definition) is 3. The molecule has 0 unspecified atom stereocenters. The molecule has 0 atom stereocenters. The summed E-state index contributed by atoms with van der Waals surface area (Å²) in [6, 6.07) is 18.6. The van der Waals surface area contributed by atoms with Crippen LogP contribution in [0.3, 0.4) is 0 Å². The zero-order valence-electron chi connectivity index (χ0n) is 16.1. The predicted octanol–water partition coefficient (Wildman–Crippen LogP) is 3.34. The van der Waals surface area contributed by atoms with Crippen LogP contribution in [0.4, 0.5) is 5.69 Å². The normalized spacial score (nSPS) is 15.2. The van der Waals surface area contributed by atoms with Crippen molar-refractivity contribution in [3.8, 4) is 0 Å². The Hall–Kier alpha value is -2.59. The summed E-state index contributed by atoms with van der Waals surface area (Å²) in [5.74, 6) is -0.0249. The first-order chi connectivity index (χ1) is 13.2. The second-order valence-electron chi connectivity index (χ2n) is 7.06. The fourth-order valence-electron chi connectivity index (χ4n) is 3.36. The van der Waals surface area contributed by atoms with Crippen molar-refractivity contribution in [3.05, 3.63) is 71.8 Å². The average Bonchev–Trinajstić information content (AvgIpc) is 2.71. The molecule has 142 valence electrons. The third kappa shape index (κ3) is 6.26. The maximum atomic E-state index is 11.9. The number of amides is 1. The van der Waals surface area contributed by atoms with Gasteiger partial charge in [-0.25, -0.2) is 0 Å². The molecule has 0 aliphatic carbocycles. The highest BCUT2D eigenvalue weighted by Gasteiger charge is 2.16. The van der Waals surface area contributed by atoms with Crippen LogP contribution in [-0.2, 0) is 4.79 Å². The van der Waals surface area contributed by atoms with Crippen LogP contribution in [0.1, 0.15) is 17.5 Å². The molecule has 0 radical (unpaired) electrons. The molecule has 0 aromatic heterocycles. The molecule has 4 heteroatoms. The lowest BCUT2D eigenvalue weighted by atomic mass is 10.2. The summed E-state index contributed by atoms with van der Waals surface area (Å²) in [5.41, 5.74) is 3.68. The fourth-order valence-corrected chi connectivity index (χ4v) is 3.36. The van der Waals surface area contributed by atoms with Crippen molar-refractivity contribution in [2.75, 3.05) is 44.2 Å². The number of anilines is 1. The fraction of sp³-hybridized carbons (Fsp3) is 0.348. The van der Waals surface area contributed by atoms with Gasteiger partial charge in [0.2, 0.25) is 5.91 Å². The van der Waals surface area contributed by atoms with Gasteiger partial charge in [-0.2, -0.15) is 0 Å². The standard InChI is InChI=1S/C23H29N3O/c1-20-7-5-10-22(19-20)26-17-15-25(16-18-26)14-6-13-24-23(27)12-11-21-8-3-2-4-9-21/h2-5,7-12,19H,6,13-18H2,1H3,(H,24,27)/b12-11+. The van der Waals surface area contributed by atoms with E-state index in [1.807, 2.05) is 36.4 Å². The number of nitrogens with zero attached hydrogens (tertiary/aromatic N) is 2. The van der Waals surface area contributed by atoms with Crippen molar-refractivity contribution in [1.82, 2.24) is 10.2 Å². The number of aryl methyl sites for hydroxylation is 1. The van der Waals surface area contributed by atoms with Gasteiger partial charge in [-0.3, -0.25) is 9.69 Å². The van der Waals surface area contributed by atoms with Crippen molar-refractivity contribution in [2.45, 2.75) is 13.3 Å². The summed E-state index contributed by atoms with van der Waals surface area (Å²) in [4.78, 5) is 16.8. The Morgan fingerprint density at radius 3 is 2.56 bits per heavy atom. The number of piperazine rings is 1. The zero-order valence-corrected chi connectivity index (χ0v) is 16.1. The second-order valence-corrected chi connectivity index (χ2v) is 7.06. The van der Waals surface area contributed by atoms with Gasteiger partial charge in [-0.15, -0.1) is 0 Å². The van der Waals surface area contributed by atoms with Gasteiger partial charge in [-0.05, 0) is 49.2 Å². The molecule has 2 aromatic carbocycles. The van der Waals surface area contributed by atoms with E-state index in [1.165, 1.54) is 11.3 Å². The molecule has 4 nitrogen and oxygen atoms in total. The molecule has 2 aromatic rings. The minimum absolute atomic E-state index is 0.0249. The maximum Gasteiger partial charge on any atom is 0.243 e. The molecule has 1 fully saturated rings. The summed E-state index contributed by atoms with van der Waals surface area (Å²) in [6.07, 6.45) is 4.44. The Labute approximate surface area is 162 Å². The topological polar surface area (TPSA) is 35.6 Å². The first kappa shape index (κ1) is 19.2. The Kier molecular flexibility index (Phi) is 7.05. The molecule has 1 aliphatic heterocycles. The Balaban J connectivity index is 1.31. The highest BCUT2D eigenvalue weighted by Crippen LogP contribution is 2.17. The molecule has 0 saturated carbocycles. The predicted molar refractivity (Wildman–Crippen MR) is 113 cm³/mol. The first-order valence-corrected chi connectivity index (χ1v) is 9.76. The molecule has 1 heterocycles. The molecule has 1 amide bonds. The van der Waals surface area contributed by atoms with E-state index in [0.717, 1.165) is 51.3 Å². The van der Waals surface area contributed by atoms with Crippen LogP contribution in [0.25, 0.3) is 6.08 Å². The lowest BCUT2D eigenvalue weighted by Gasteiger charge is -2.36. The third-order valence-corrected chi connectivity index (χ3v) is 4.92. The number of rotatable bonds is 7. The third-order valence-electron chi connectivity index (χ3n) is 4.92. The average molecular weight is 364 g/mol. The summed E-state index contributed by atoms with van der Waals surface area (Å²) < 4.78 is 0. The van der Waals surface area contributed by atoms with Gasteiger partial charge in [0.15, 0.2) is 0 Å². The number of carbonyl (C=O) groups is 1. The van der Waals surface area contributed by atoms with Crippen LogP contribution in [0.2, 0.25) is 0 Å². The number of carbonyl (C=O) groups excluding carboxylic acids is 1. The van der Waals surface area contributed by atoms with Crippen LogP contribution in [0.5, 0.6) is 0 Å². The number of benzene rings is 2. The second kappa shape index (κ2) is 9.93. The van der Waals surface area contributed by atoms with Crippen LogP contribution >= 0.6 is 0 Å². The van der Waals surface area contributed by atoms with Gasteiger partial charge in [-0.1, -0.05) is 42.5 Å². The highest BCUT2D eigenvalue weighted by atomic mass is 16.1. The summed E-state index contributed by atoms with van der Waals surface area (Å²) in [6.45, 7) is 8.18. The lowest BCUT2D eigenvalue weighted by molar-refractivity contribution is -0.116. The number of hydrogen-bond donors (Lipinski definition) is 1. The first-order valence-electron chi connectivity index (χ1n) is 9.76. The van der Waals surface area contributed by atoms with E-state index in [2.05, 4.69) is 46.3 Å². The Morgan fingerprint density at radius 2 is 1.81 bits per heavy atom. The van der Waals surface area contributed by atoms with Crippen molar-refractivity contribution >= 4 is 17.7 Å². The Bertz CT molecular complexity index is 749. The molecular weight excluding hydrogens is 334 g/mol. The monoisotopic (exact) mass is 363 g/mol. The highest BCUT2D eigenvalue weighted by molar-refractivity contribution is 5.91. The van der Waals surface area contributed by atoms with Gasteiger partial charge in [0.1, 0.15) is 0 Å². The SMILES string of the molecule is Cc1cccc(N2CCN(CCCNC(=O)/C=C/c3ccccc3)CC2)c1. The quantitative estimate of drug-likeness (QED) is 0.605. The van der Waals surface area contributed by atoms with E-state index in [9.17, 15) is 4.79 Å². The van der Waals surface area contributed by atoms with Crippen LogP contribution in [0, 0.1) is 6.92 Å². The molecule has 1 saturated heterocycles. The molecule has 0 spiro atoms. The van der Waals surface area contributed by atoms with Crippen LogP contribution in [0.15, 0.2) is 60.7 Å². The molecule has 3 rings (SSSR count). The van der Waals surface area contributed by atoms with E-state index in [1.54, 1.807) is 6.08 Å². The van der Waals surface area contributed by atoms with Gasteiger partial charge < -0.3 is 10.2 Å². The number of nitrogens with one attached hydrogen (secondary N) is 1. The zero-order chi connectivity index (χ0) is 18.9. The lowest BCUT2D eigenvalue weighted by Crippen LogP contribution is -2.47. The van der Waals surface area contributed by atoms with Crippen LogP contribution < -0.4 is 10.2 Å². The van der Waals surface area contributed by atoms with E-state index < -0.39 is 0 Å². The van der Waals surface area contributed by atoms with Crippen molar-refractivity contribution in [2.24, 2.45) is 0 Å².